The average molecular weight is 450 g/mol. The Morgan fingerprint density at radius 3 is 2.39 bits per heavy atom. The van der Waals surface area contributed by atoms with Gasteiger partial charge in [0.2, 0.25) is 5.95 Å². The quantitative estimate of drug-likeness (QED) is 0.430. The molecular formula is C15H27IN6S. The molecule has 0 saturated carbocycles. The molecule has 0 aliphatic carbocycles. The van der Waals surface area contributed by atoms with Crippen LogP contribution >= 0.6 is 35.7 Å². The summed E-state index contributed by atoms with van der Waals surface area (Å²) in [6.45, 7) is 9.07. The van der Waals surface area contributed by atoms with Gasteiger partial charge in [-0.1, -0.05) is 0 Å². The molecule has 0 atom stereocenters. The molecule has 23 heavy (non-hydrogen) atoms. The Bertz CT molecular complexity index is 488. The van der Waals surface area contributed by atoms with E-state index in [-0.39, 0.29) is 28.7 Å². The molecule has 1 saturated heterocycles. The number of hydrogen-bond acceptors (Lipinski definition) is 5. The molecule has 2 heterocycles. The third-order valence-electron chi connectivity index (χ3n) is 3.85. The van der Waals surface area contributed by atoms with E-state index in [9.17, 15) is 0 Å². The fourth-order valence-electron chi connectivity index (χ4n) is 2.27. The summed E-state index contributed by atoms with van der Waals surface area (Å²) in [6.07, 6.45) is 5.72. The van der Waals surface area contributed by atoms with Gasteiger partial charge in [-0.3, -0.25) is 4.99 Å². The molecule has 2 rings (SSSR count). The van der Waals surface area contributed by atoms with E-state index in [1.807, 2.05) is 24.9 Å². The van der Waals surface area contributed by atoms with Crippen LogP contribution in [0.4, 0.5) is 5.95 Å². The summed E-state index contributed by atoms with van der Waals surface area (Å²) in [5.74, 6) is 1.80. The van der Waals surface area contributed by atoms with E-state index < -0.39 is 0 Å². The third kappa shape index (κ3) is 5.98. The van der Waals surface area contributed by atoms with Crippen LogP contribution in [0.5, 0.6) is 0 Å². The number of rotatable bonds is 4. The Balaban J connectivity index is 0.00000264. The minimum Gasteiger partial charge on any atom is -0.355 e. The highest BCUT2D eigenvalue weighted by atomic mass is 127. The number of halogens is 1. The second-order valence-electron chi connectivity index (χ2n) is 5.89. The van der Waals surface area contributed by atoms with Crippen molar-refractivity contribution in [2.24, 2.45) is 4.99 Å². The second-order valence-corrected chi connectivity index (χ2v) is 7.40. The Hall–Kier alpha value is -0.770. The summed E-state index contributed by atoms with van der Waals surface area (Å²) in [6, 6.07) is 1.85. The molecule has 1 aromatic heterocycles. The Kier molecular flexibility index (Phi) is 8.38. The zero-order valence-corrected chi connectivity index (χ0v) is 17.5. The summed E-state index contributed by atoms with van der Waals surface area (Å²) in [5.41, 5.74) is 0. The molecule has 8 heteroatoms. The van der Waals surface area contributed by atoms with Gasteiger partial charge in [-0.05, 0) is 26.2 Å². The topological polar surface area (TPSA) is 56.7 Å². The van der Waals surface area contributed by atoms with E-state index >= 15 is 0 Å². The molecule has 0 unspecified atom stereocenters. The number of hydrogen-bond donors (Lipinski definition) is 1. The van der Waals surface area contributed by atoms with E-state index in [2.05, 4.69) is 50.2 Å². The van der Waals surface area contributed by atoms with Gasteiger partial charge in [-0.15, -0.1) is 24.0 Å². The molecule has 1 N–H and O–H groups in total. The van der Waals surface area contributed by atoms with Gasteiger partial charge < -0.3 is 15.1 Å². The van der Waals surface area contributed by atoms with Gasteiger partial charge >= 0.3 is 0 Å². The largest absolute Gasteiger partial charge is 0.355 e. The summed E-state index contributed by atoms with van der Waals surface area (Å²) in [5, 5.41) is 3.49. The highest BCUT2D eigenvalue weighted by molar-refractivity contribution is 14.0. The van der Waals surface area contributed by atoms with Gasteiger partial charge in [0.15, 0.2) is 5.96 Å². The van der Waals surface area contributed by atoms with Gasteiger partial charge in [-0.2, -0.15) is 11.8 Å². The molecule has 1 aliphatic heterocycles. The first-order valence-electron chi connectivity index (χ1n) is 7.58. The number of aromatic nitrogens is 2. The molecule has 130 valence electrons. The average Bonchev–Trinajstić information content (AvgIpc) is 2.57. The fourth-order valence-corrected chi connectivity index (χ4v) is 2.49. The molecule has 0 spiro atoms. The summed E-state index contributed by atoms with van der Waals surface area (Å²) in [7, 11) is 1.85. The van der Waals surface area contributed by atoms with Gasteiger partial charge in [-0.25, -0.2) is 9.97 Å². The molecule has 0 radical (unpaired) electrons. The van der Waals surface area contributed by atoms with Crippen LogP contribution in [0.3, 0.4) is 0 Å². The molecule has 6 nitrogen and oxygen atoms in total. The lowest BCUT2D eigenvalue weighted by Gasteiger charge is -2.37. The molecular weight excluding hydrogens is 423 g/mol. The smallest absolute Gasteiger partial charge is 0.225 e. The Morgan fingerprint density at radius 2 is 1.87 bits per heavy atom. The molecule has 1 fully saturated rings. The lowest BCUT2D eigenvalue weighted by molar-refractivity contribution is 0.369. The van der Waals surface area contributed by atoms with Crippen LogP contribution in [0.15, 0.2) is 23.5 Å². The maximum atomic E-state index is 4.42. The van der Waals surface area contributed by atoms with Crippen LogP contribution in [0.2, 0.25) is 0 Å². The first-order chi connectivity index (χ1) is 10.6. The van der Waals surface area contributed by atoms with Crippen molar-refractivity contribution in [3.8, 4) is 0 Å². The van der Waals surface area contributed by atoms with Crippen LogP contribution in [-0.2, 0) is 0 Å². The van der Waals surface area contributed by atoms with E-state index in [1.54, 1.807) is 12.4 Å². The standard InChI is InChI=1S/C15H26N6S.HI/c1-15(2,22-4)12-19-13(16-3)20-8-10-21(11-9-20)14-17-6-5-7-18-14;/h5-7H,8-12H2,1-4H3,(H,16,19);1H. The lowest BCUT2D eigenvalue weighted by Crippen LogP contribution is -2.54. The van der Waals surface area contributed by atoms with Crippen LogP contribution in [0.25, 0.3) is 0 Å². The maximum Gasteiger partial charge on any atom is 0.225 e. The van der Waals surface area contributed by atoms with Gasteiger partial charge in [0.05, 0.1) is 0 Å². The van der Waals surface area contributed by atoms with Gasteiger partial charge in [0.25, 0.3) is 0 Å². The maximum absolute atomic E-state index is 4.42. The van der Waals surface area contributed by atoms with Gasteiger partial charge in [0.1, 0.15) is 0 Å². The normalized spacial score (nSPS) is 16.1. The zero-order chi connectivity index (χ0) is 16.0. The van der Waals surface area contributed by atoms with Crippen molar-refractivity contribution in [2.75, 3.05) is 50.9 Å². The highest BCUT2D eigenvalue weighted by Crippen LogP contribution is 2.19. The minimum absolute atomic E-state index is 0. The van der Waals surface area contributed by atoms with Crippen LogP contribution < -0.4 is 10.2 Å². The third-order valence-corrected chi connectivity index (χ3v) is 5.10. The summed E-state index contributed by atoms with van der Waals surface area (Å²) < 4.78 is 0.204. The first-order valence-corrected chi connectivity index (χ1v) is 8.81. The highest BCUT2D eigenvalue weighted by Gasteiger charge is 2.23. The number of piperazine rings is 1. The first kappa shape index (κ1) is 20.3. The van der Waals surface area contributed by atoms with E-state index in [1.165, 1.54) is 0 Å². The molecule has 1 aliphatic rings. The molecule has 0 aromatic carbocycles. The Morgan fingerprint density at radius 1 is 1.26 bits per heavy atom. The fraction of sp³-hybridized carbons (Fsp3) is 0.667. The second kappa shape index (κ2) is 9.51. The predicted octanol–water partition coefficient (Wildman–Crippen LogP) is 1.93. The monoisotopic (exact) mass is 450 g/mol. The van der Waals surface area contributed by atoms with Crippen molar-refractivity contribution in [1.29, 1.82) is 0 Å². The van der Waals surface area contributed by atoms with E-state index in [0.29, 0.717) is 0 Å². The molecule has 0 amide bonds. The van der Waals surface area contributed by atoms with Crippen molar-refractivity contribution in [3.63, 3.8) is 0 Å². The number of aliphatic imine (C=N–C) groups is 1. The lowest BCUT2D eigenvalue weighted by atomic mass is 10.2. The summed E-state index contributed by atoms with van der Waals surface area (Å²) in [4.78, 5) is 17.6. The van der Waals surface area contributed by atoms with Crippen molar-refractivity contribution in [2.45, 2.75) is 18.6 Å². The molecule has 1 aromatic rings. The van der Waals surface area contributed by atoms with E-state index in [0.717, 1.165) is 44.6 Å². The number of thioether (sulfide) groups is 1. The van der Waals surface area contributed by atoms with Crippen molar-refractivity contribution >= 4 is 47.6 Å². The SMILES string of the molecule is CN=C(NCC(C)(C)SC)N1CCN(c2ncccn2)CC1.I. The number of nitrogens with one attached hydrogen (secondary N) is 1. The number of nitrogens with zero attached hydrogens (tertiary/aromatic N) is 5. The van der Waals surface area contributed by atoms with Crippen molar-refractivity contribution in [3.05, 3.63) is 18.5 Å². The van der Waals surface area contributed by atoms with Crippen molar-refractivity contribution < 1.29 is 0 Å². The predicted molar refractivity (Wildman–Crippen MR) is 110 cm³/mol. The minimum atomic E-state index is 0. The molecule has 0 bridgehead atoms. The number of anilines is 1. The summed E-state index contributed by atoms with van der Waals surface area (Å²) >= 11 is 1.86. The zero-order valence-electron chi connectivity index (χ0n) is 14.3. The van der Waals surface area contributed by atoms with Crippen LogP contribution in [-0.4, -0.2) is 71.6 Å². The Labute approximate surface area is 160 Å². The van der Waals surface area contributed by atoms with Crippen LogP contribution in [0.1, 0.15) is 13.8 Å². The number of guanidine groups is 1. The van der Waals surface area contributed by atoms with Crippen molar-refractivity contribution in [1.82, 2.24) is 20.2 Å². The van der Waals surface area contributed by atoms with E-state index in [4.69, 9.17) is 0 Å². The van der Waals surface area contributed by atoms with Gasteiger partial charge in [0, 0.05) is 56.9 Å². The van der Waals surface area contributed by atoms with Crippen LogP contribution in [0, 0.1) is 0 Å².